The van der Waals surface area contributed by atoms with Crippen LogP contribution in [-0.2, 0) is 0 Å². The quantitative estimate of drug-likeness (QED) is 0.342. The van der Waals surface area contributed by atoms with Gasteiger partial charge in [0.25, 0.3) is 5.24 Å². The number of hydrogen-bond donors (Lipinski definition) is 0. The van der Waals surface area contributed by atoms with Gasteiger partial charge >= 0.3 is 0 Å². The Balaban J connectivity index is 1.85. The molecule has 2 rings (SSSR count). The summed E-state index contributed by atoms with van der Waals surface area (Å²) in [6.07, 6.45) is 7.79. The predicted molar refractivity (Wildman–Crippen MR) is 106 cm³/mol. The average Bonchev–Trinajstić information content (AvgIpc) is 2.62. The van der Waals surface area contributed by atoms with Gasteiger partial charge in [0.2, 0.25) is 0 Å². The molecular formula is C22H27ClO2. The van der Waals surface area contributed by atoms with E-state index >= 15 is 0 Å². The summed E-state index contributed by atoms with van der Waals surface area (Å²) in [5.41, 5.74) is 2.66. The number of unbranched alkanes of at least 4 members (excludes halogenated alkanes) is 4. The first-order valence-corrected chi connectivity index (χ1v) is 9.55. The number of ether oxygens (including phenoxy) is 1. The molecule has 2 nitrogen and oxygen atoms in total. The summed E-state index contributed by atoms with van der Waals surface area (Å²) in [7, 11) is 0. The van der Waals surface area contributed by atoms with E-state index < -0.39 is 5.24 Å². The number of carbonyl (C=O) groups is 1. The summed E-state index contributed by atoms with van der Waals surface area (Å²) >= 11 is 5.48. The van der Waals surface area contributed by atoms with Gasteiger partial charge in [-0.3, -0.25) is 4.79 Å². The van der Waals surface area contributed by atoms with Crippen molar-refractivity contribution in [3.8, 4) is 16.9 Å². The second-order valence-corrected chi connectivity index (χ2v) is 6.85. The lowest BCUT2D eigenvalue weighted by Gasteiger charge is -2.15. The zero-order valence-electron chi connectivity index (χ0n) is 15.1. The van der Waals surface area contributed by atoms with Crippen LogP contribution < -0.4 is 4.74 Å². The Labute approximate surface area is 156 Å². The molecule has 0 spiro atoms. The number of rotatable bonds is 10. The Bertz CT molecular complexity index is 647. The smallest absolute Gasteiger partial charge is 0.252 e. The van der Waals surface area contributed by atoms with E-state index in [0.717, 1.165) is 23.3 Å². The molecule has 0 N–H and O–H groups in total. The van der Waals surface area contributed by atoms with Gasteiger partial charge in [-0.15, -0.1) is 0 Å². The molecule has 2 aromatic carbocycles. The van der Waals surface area contributed by atoms with Crippen molar-refractivity contribution in [2.75, 3.05) is 0 Å². The van der Waals surface area contributed by atoms with Crippen LogP contribution in [0.3, 0.4) is 0 Å². The third-order valence-electron chi connectivity index (χ3n) is 4.35. The zero-order valence-corrected chi connectivity index (χ0v) is 15.9. The summed E-state index contributed by atoms with van der Waals surface area (Å²) in [5.74, 6) is 0.900. The van der Waals surface area contributed by atoms with Gasteiger partial charge in [0.05, 0.1) is 6.10 Å². The zero-order chi connectivity index (χ0) is 18.1. The fourth-order valence-electron chi connectivity index (χ4n) is 2.85. The van der Waals surface area contributed by atoms with E-state index in [4.69, 9.17) is 16.3 Å². The van der Waals surface area contributed by atoms with Crippen molar-refractivity contribution in [3.05, 3.63) is 54.1 Å². The highest BCUT2D eigenvalue weighted by Crippen LogP contribution is 2.24. The predicted octanol–water partition coefficient (Wildman–Crippen LogP) is 6.86. The SMILES string of the molecule is CCCCCCCC(C)Oc1ccc(-c2ccc(C(=O)Cl)cc2)cc1. The van der Waals surface area contributed by atoms with Gasteiger partial charge in [-0.2, -0.15) is 0 Å². The Morgan fingerprint density at radius 3 is 2.04 bits per heavy atom. The molecule has 0 radical (unpaired) electrons. The topological polar surface area (TPSA) is 26.3 Å². The van der Waals surface area contributed by atoms with Crippen LogP contribution in [0.15, 0.2) is 48.5 Å². The normalized spacial score (nSPS) is 12.0. The number of benzene rings is 2. The molecule has 0 heterocycles. The molecule has 0 aromatic heterocycles. The van der Waals surface area contributed by atoms with Crippen molar-refractivity contribution < 1.29 is 9.53 Å². The largest absolute Gasteiger partial charge is 0.491 e. The number of halogens is 1. The minimum atomic E-state index is -0.432. The second kappa shape index (κ2) is 10.2. The number of carbonyl (C=O) groups excluding carboxylic acids is 1. The van der Waals surface area contributed by atoms with E-state index in [1.807, 2.05) is 36.4 Å². The van der Waals surface area contributed by atoms with Crippen LogP contribution in [0.25, 0.3) is 11.1 Å². The van der Waals surface area contributed by atoms with E-state index in [1.165, 1.54) is 32.1 Å². The first-order valence-electron chi connectivity index (χ1n) is 9.17. The minimum absolute atomic E-state index is 0.237. The highest BCUT2D eigenvalue weighted by atomic mass is 35.5. The average molecular weight is 359 g/mol. The Kier molecular flexibility index (Phi) is 8.00. The maximum atomic E-state index is 11.1. The molecule has 0 saturated carbocycles. The third-order valence-corrected chi connectivity index (χ3v) is 4.57. The lowest BCUT2D eigenvalue weighted by atomic mass is 10.0. The summed E-state index contributed by atoms with van der Waals surface area (Å²) in [6, 6.07) is 15.4. The monoisotopic (exact) mass is 358 g/mol. The maximum Gasteiger partial charge on any atom is 0.252 e. The molecule has 0 bridgehead atoms. The van der Waals surface area contributed by atoms with Crippen LogP contribution >= 0.6 is 11.6 Å². The highest BCUT2D eigenvalue weighted by Gasteiger charge is 2.06. The molecule has 1 atom stereocenters. The molecule has 0 amide bonds. The van der Waals surface area contributed by atoms with Crippen molar-refractivity contribution in [2.24, 2.45) is 0 Å². The lowest BCUT2D eigenvalue weighted by molar-refractivity contribution is 0.108. The van der Waals surface area contributed by atoms with Crippen molar-refractivity contribution in [3.63, 3.8) is 0 Å². The molecule has 0 aliphatic carbocycles. The Hall–Kier alpha value is -1.80. The second-order valence-electron chi connectivity index (χ2n) is 6.51. The van der Waals surface area contributed by atoms with Gasteiger partial charge in [0, 0.05) is 5.56 Å². The van der Waals surface area contributed by atoms with Gasteiger partial charge < -0.3 is 4.74 Å². The van der Waals surface area contributed by atoms with Gasteiger partial charge in [0.15, 0.2) is 0 Å². The third kappa shape index (κ3) is 6.55. The molecule has 0 aliphatic rings. The summed E-state index contributed by atoms with van der Waals surface area (Å²) in [4.78, 5) is 11.1. The van der Waals surface area contributed by atoms with Crippen LogP contribution in [0.1, 0.15) is 62.7 Å². The van der Waals surface area contributed by atoms with Gasteiger partial charge in [-0.25, -0.2) is 0 Å². The van der Waals surface area contributed by atoms with E-state index in [-0.39, 0.29) is 6.10 Å². The maximum absolute atomic E-state index is 11.1. The van der Waals surface area contributed by atoms with E-state index in [2.05, 4.69) is 13.8 Å². The van der Waals surface area contributed by atoms with Crippen LogP contribution in [0.2, 0.25) is 0 Å². The molecule has 1 unspecified atom stereocenters. The molecule has 134 valence electrons. The first-order chi connectivity index (χ1) is 12.1. The standard InChI is InChI=1S/C22H27ClO2/c1-3-4-5-6-7-8-17(2)25-21-15-13-19(14-16-21)18-9-11-20(12-10-18)22(23)24/h9-17H,3-8H2,1-2H3. The molecule has 0 saturated heterocycles. The van der Waals surface area contributed by atoms with Crippen LogP contribution in [-0.4, -0.2) is 11.3 Å². The van der Waals surface area contributed by atoms with Crippen molar-refractivity contribution in [1.29, 1.82) is 0 Å². The summed E-state index contributed by atoms with van der Waals surface area (Å²) in [6.45, 7) is 4.37. The van der Waals surface area contributed by atoms with Crippen molar-refractivity contribution in [1.82, 2.24) is 0 Å². The molecule has 3 heteroatoms. The Morgan fingerprint density at radius 1 is 0.920 bits per heavy atom. The first kappa shape index (κ1) is 19.5. The molecule has 25 heavy (non-hydrogen) atoms. The van der Waals surface area contributed by atoms with E-state index in [9.17, 15) is 4.79 Å². The van der Waals surface area contributed by atoms with Gasteiger partial charge in [-0.1, -0.05) is 56.9 Å². The van der Waals surface area contributed by atoms with Gasteiger partial charge in [-0.05, 0) is 66.8 Å². The Morgan fingerprint density at radius 2 is 1.48 bits per heavy atom. The van der Waals surface area contributed by atoms with E-state index in [1.54, 1.807) is 12.1 Å². The van der Waals surface area contributed by atoms with Crippen molar-refractivity contribution >= 4 is 16.8 Å². The van der Waals surface area contributed by atoms with Crippen LogP contribution in [0.5, 0.6) is 5.75 Å². The lowest BCUT2D eigenvalue weighted by Crippen LogP contribution is -2.11. The highest BCUT2D eigenvalue weighted by molar-refractivity contribution is 6.67. The minimum Gasteiger partial charge on any atom is -0.491 e. The molecule has 0 aliphatic heterocycles. The fraction of sp³-hybridized carbons (Fsp3) is 0.409. The van der Waals surface area contributed by atoms with Crippen LogP contribution in [0, 0.1) is 0 Å². The summed E-state index contributed by atoms with van der Waals surface area (Å²) < 4.78 is 6.00. The molecular weight excluding hydrogens is 332 g/mol. The fourth-order valence-corrected chi connectivity index (χ4v) is 2.97. The van der Waals surface area contributed by atoms with Crippen LogP contribution in [0.4, 0.5) is 0 Å². The number of hydrogen-bond acceptors (Lipinski definition) is 2. The van der Waals surface area contributed by atoms with E-state index in [0.29, 0.717) is 5.56 Å². The summed E-state index contributed by atoms with van der Waals surface area (Å²) in [5, 5.41) is -0.432. The molecule has 0 fully saturated rings. The van der Waals surface area contributed by atoms with Crippen molar-refractivity contribution in [2.45, 2.75) is 58.5 Å². The molecule has 2 aromatic rings. The van der Waals surface area contributed by atoms with Gasteiger partial charge in [0.1, 0.15) is 5.75 Å².